The molecule has 136 valence electrons. The maximum Gasteiger partial charge on any atom is 0.263 e. The van der Waals surface area contributed by atoms with Crippen LogP contribution in [-0.4, -0.2) is 18.3 Å². The van der Waals surface area contributed by atoms with Crippen molar-refractivity contribution in [3.8, 4) is 0 Å². The number of rotatable bonds is 3. The monoisotopic (exact) mass is 365 g/mol. The van der Waals surface area contributed by atoms with Gasteiger partial charge in [-0.05, 0) is 0 Å². The normalized spacial score (nSPS) is 11.7. The molecule has 0 fully saturated rings. The number of aromatic nitrogens is 1. The number of nitrogen functional groups attached to an aromatic ring is 2. The fourth-order valence-electron chi connectivity index (χ4n) is 3.60. The van der Waals surface area contributed by atoms with Crippen molar-refractivity contribution in [2.75, 3.05) is 25.2 Å². The van der Waals surface area contributed by atoms with Gasteiger partial charge in [0.15, 0.2) is 10.9 Å². The van der Waals surface area contributed by atoms with Crippen LogP contribution in [0.3, 0.4) is 0 Å². The van der Waals surface area contributed by atoms with Gasteiger partial charge in [-0.25, -0.2) is 0 Å². The Morgan fingerprint density at radius 2 is 1.26 bits per heavy atom. The number of nitrogens with two attached hydrogens (primary N) is 2. The van der Waals surface area contributed by atoms with Crippen LogP contribution in [0.4, 0.5) is 11.4 Å². The Hall–Kier alpha value is -3.52. The van der Waals surface area contributed by atoms with Gasteiger partial charge < -0.3 is 16.2 Å². The molecule has 0 radical (unpaired) electrons. The van der Waals surface area contributed by atoms with E-state index in [1.54, 1.807) is 12.1 Å². The molecule has 0 saturated heterocycles. The summed E-state index contributed by atoms with van der Waals surface area (Å²) in [7, 11) is 1.44. The zero-order valence-electron chi connectivity index (χ0n) is 14.4. The Balaban J connectivity index is 2.35. The number of benzene rings is 3. The SMILES string of the molecule is COCCn1c(=O)c2c(N)c3c(=O)c4ccccc4c(=O)c3c(N)c2c1=O. The molecule has 0 unspecified atom stereocenters. The molecule has 0 spiro atoms. The van der Waals surface area contributed by atoms with Crippen molar-refractivity contribution in [3.05, 3.63) is 65.4 Å². The number of hydrogen-bond acceptors (Lipinski definition) is 7. The number of hydrogen-bond donors (Lipinski definition) is 2. The molecule has 3 aromatic carbocycles. The summed E-state index contributed by atoms with van der Waals surface area (Å²) in [5.41, 5.74) is 9.54. The molecule has 0 atom stereocenters. The molecule has 1 heterocycles. The molecule has 0 saturated carbocycles. The Kier molecular flexibility index (Phi) is 3.60. The van der Waals surface area contributed by atoms with Crippen LogP contribution in [0.15, 0.2) is 43.4 Å². The predicted molar refractivity (Wildman–Crippen MR) is 105 cm³/mol. The second-order valence-corrected chi connectivity index (χ2v) is 6.29. The summed E-state index contributed by atoms with van der Waals surface area (Å²) in [5.74, 6) is 0. The number of ether oxygens (including phenoxy) is 1. The van der Waals surface area contributed by atoms with E-state index in [-0.39, 0.29) is 56.8 Å². The summed E-state index contributed by atoms with van der Waals surface area (Å²) in [6.45, 7) is 0.142. The zero-order valence-corrected chi connectivity index (χ0v) is 14.4. The molecule has 4 rings (SSSR count). The molecule has 0 amide bonds. The molecule has 4 N–H and O–H groups in total. The van der Waals surface area contributed by atoms with Crippen molar-refractivity contribution in [2.45, 2.75) is 6.54 Å². The highest BCUT2D eigenvalue weighted by Crippen LogP contribution is 2.31. The largest absolute Gasteiger partial charge is 0.397 e. The van der Waals surface area contributed by atoms with Crippen LogP contribution in [-0.2, 0) is 11.3 Å². The summed E-state index contributed by atoms with van der Waals surface area (Å²) in [5, 5.41) is -0.127. The van der Waals surface area contributed by atoms with Crippen LogP contribution in [0.2, 0.25) is 0 Å². The van der Waals surface area contributed by atoms with Gasteiger partial charge in [0.2, 0.25) is 0 Å². The summed E-state index contributed by atoms with van der Waals surface area (Å²) in [6.07, 6.45) is 0. The summed E-state index contributed by atoms with van der Waals surface area (Å²) >= 11 is 0. The van der Waals surface area contributed by atoms with Crippen molar-refractivity contribution in [1.29, 1.82) is 0 Å². The standard InChI is InChI=1S/C19H15N3O5/c1-27-7-6-22-18(25)12-13(19(22)26)15(21)11-10(14(12)20)16(23)8-4-2-3-5-9(8)17(11)24/h2-5H,6-7,20-21H2,1H3. The molecule has 0 bridgehead atoms. The molecule has 0 aliphatic carbocycles. The Labute approximate surface area is 150 Å². The van der Waals surface area contributed by atoms with Crippen LogP contribution in [0.25, 0.3) is 32.3 Å². The van der Waals surface area contributed by atoms with Crippen LogP contribution in [0, 0.1) is 0 Å². The summed E-state index contributed by atoms with van der Waals surface area (Å²) in [4.78, 5) is 51.3. The van der Waals surface area contributed by atoms with E-state index in [0.717, 1.165) is 4.57 Å². The molecular weight excluding hydrogens is 350 g/mol. The highest BCUT2D eigenvalue weighted by molar-refractivity contribution is 6.20. The quantitative estimate of drug-likeness (QED) is 0.298. The minimum Gasteiger partial charge on any atom is -0.397 e. The minimum atomic E-state index is -0.654. The van der Waals surface area contributed by atoms with E-state index < -0.39 is 22.0 Å². The minimum absolute atomic E-state index is 0.00844. The first-order valence-corrected chi connectivity index (χ1v) is 8.18. The average molecular weight is 365 g/mol. The van der Waals surface area contributed by atoms with Crippen LogP contribution in [0.5, 0.6) is 0 Å². The van der Waals surface area contributed by atoms with E-state index >= 15 is 0 Å². The highest BCUT2D eigenvalue weighted by Gasteiger charge is 2.25. The number of fused-ring (bicyclic) bond motifs is 3. The predicted octanol–water partition coefficient (Wildman–Crippen LogP) is 0.0749. The third kappa shape index (κ3) is 2.07. The number of nitrogens with zero attached hydrogens (tertiary/aromatic N) is 1. The first-order chi connectivity index (χ1) is 12.9. The molecule has 27 heavy (non-hydrogen) atoms. The van der Waals surface area contributed by atoms with Crippen LogP contribution in [0.1, 0.15) is 0 Å². The Morgan fingerprint density at radius 3 is 1.67 bits per heavy atom. The average Bonchev–Trinajstić information content (AvgIpc) is 2.91. The maximum absolute atomic E-state index is 13.0. The summed E-state index contributed by atoms with van der Waals surface area (Å²) in [6, 6.07) is 6.28. The Morgan fingerprint density at radius 1 is 0.815 bits per heavy atom. The zero-order chi connectivity index (χ0) is 19.5. The van der Waals surface area contributed by atoms with Crippen molar-refractivity contribution in [1.82, 2.24) is 4.57 Å². The third-order valence-electron chi connectivity index (χ3n) is 4.88. The van der Waals surface area contributed by atoms with Gasteiger partial charge in [-0.15, -0.1) is 0 Å². The van der Waals surface area contributed by atoms with Crippen LogP contribution < -0.4 is 33.4 Å². The fraction of sp³-hybridized carbons (Fsp3) is 0.158. The molecular formula is C19H15N3O5. The van der Waals surface area contributed by atoms with E-state index in [2.05, 4.69) is 0 Å². The smallest absolute Gasteiger partial charge is 0.263 e. The molecule has 8 heteroatoms. The lowest BCUT2D eigenvalue weighted by Gasteiger charge is -2.07. The lowest BCUT2D eigenvalue weighted by molar-refractivity contribution is 0.186. The lowest BCUT2D eigenvalue weighted by Crippen LogP contribution is -2.27. The first kappa shape index (κ1) is 16.9. The Bertz CT molecular complexity index is 1350. The van der Waals surface area contributed by atoms with Crippen molar-refractivity contribution in [2.24, 2.45) is 0 Å². The fourth-order valence-corrected chi connectivity index (χ4v) is 3.60. The number of anilines is 2. The molecule has 1 aromatic heterocycles. The molecule has 8 nitrogen and oxygen atoms in total. The lowest BCUT2D eigenvalue weighted by atomic mass is 9.97. The van der Waals surface area contributed by atoms with Crippen LogP contribution >= 0.6 is 0 Å². The van der Waals surface area contributed by atoms with Gasteiger partial charge in [-0.2, -0.15) is 0 Å². The van der Waals surface area contributed by atoms with Gasteiger partial charge >= 0.3 is 0 Å². The van der Waals surface area contributed by atoms with E-state index in [4.69, 9.17) is 16.2 Å². The van der Waals surface area contributed by atoms with E-state index in [9.17, 15) is 19.2 Å². The van der Waals surface area contributed by atoms with Gasteiger partial charge in [0.25, 0.3) is 11.1 Å². The third-order valence-corrected chi connectivity index (χ3v) is 4.88. The van der Waals surface area contributed by atoms with E-state index in [0.29, 0.717) is 0 Å². The topological polar surface area (TPSA) is 134 Å². The van der Waals surface area contributed by atoms with Crippen molar-refractivity contribution >= 4 is 43.7 Å². The van der Waals surface area contributed by atoms with Gasteiger partial charge in [-0.1, -0.05) is 24.3 Å². The first-order valence-electron chi connectivity index (χ1n) is 8.18. The molecule has 0 aliphatic heterocycles. The second-order valence-electron chi connectivity index (χ2n) is 6.29. The molecule has 4 aromatic rings. The van der Waals surface area contributed by atoms with Crippen molar-refractivity contribution in [3.63, 3.8) is 0 Å². The van der Waals surface area contributed by atoms with Gasteiger partial charge in [0.05, 0.1) is 46.1 Å². The number of methoxy groups -OCH3 is 1. The molecule has 0 aliphatic rings. The highest BCUT2D eigenvalue weighted by atomic mass is 16.5. The maximum atomic E-state index is 13.0. The van der Waals surface area contributed by atoms with E-state index in [1.807, 2.05) is 0 Å². The van der Waals surface area contributed by atoms with Crippen molar-refractivity contribution < 1.29 is 4.74 Å². The summed E-state index contributed by atoms with van der Waals surface area (Å²) < 4.78 is 5.87. The van der Waals surface area contributed by atoms with Gasteiger partial charge in [0.1, 0.15) is 0 Å². The van der Waals surface area contributed by atoms with Gasteiger partial charge in [0, 0.05) is 17.9 Å². The van der Waals surface area contributed by atoms with Gasteiger partial charge in [-0.3, -0.25) is 23.7 Å². The second kappa shape index (κ2) is 5.75. The van der Waals surface area contributed by atoms with E-state index in [1.165, 1.54) is 19.2 Å².